The highest BCUT2D eigenvalue weighted by Crippen LogP contribution is 2.60. The minimum atomic E-state index is -1.22. The van der Waals surface area contributed by atoms with Crippen LogP contribution in [0.3, 0.4) is 0 Å². The number of benzene rings is 8. The van der Waals surface area contributed by atoms with E-state index in [1.165, 1.54) is 42.4 Å². The van der Waals surface area contributed by atoms with Crippen LogP contribution in [0.25, 0.3) is 0 Å². The first-order valence-corrected chi connectivity index (χ1v) is 26.6. The second-order valence-corrected chi connectivity index (χ2v) is 23.0. The third kappa shape index (κ3) is 9.58. The van der Waals surface area contributed by atoms with Crippen molar-refractivity contribution in [3.8, 4) is 0 Å². The van der Waals surface area contributed by atoms with Crippen LogP contribution in [0.15, 0.2) is 243 Å². The molecule has 2 aliphatic carbocycles. The molecule has 0 amide bonds. The fourth-order valence-electron chi connectivity index (χ4n) is 8.83. The molecule has 0 saturated heterocycles. The van der Waals surface area contributed by atoms with E-state index in [-0.39, 0.29) is 36.3 Å². The lowest BCUT2D eigenvalue weighted by molar-refractivity contribution is -0.0681. The Bertz CT molecular complexity index is 2080. The molecule has 2 saturated carbocycles. The van der Waals surface area contributed by atoms with Gasteiger partial charge >= 0.3 is 0 Å². The summed E-state index contributed by atoms with van der Waals surface area (Å²) in [4.78, 5) is 0. The molecule has 0 spiro atoms. The van der Waals surface area contributed by atoms with E-state index in [1.54, 1.807) is 0 Å². The highest BCUT2D eigenvalue weighted by atomic mass is 31.1. The number of rotatable bonds is 16. The van der Waals surface area contributed by atoms with Crippen molar-refractivity contribution in [3.63, 3.8) is 0 Å². The van der Waals surface area contributed by atoms with Gasteiger partial charge in [0.1, 0.15) is 0 Å². The highest BCUT2D eigenvalue weighted by molar-refractivity contribution is 7.69. The Morgan fingerprint density at radius 3 is 0.508 bits per heavy atom. The van der Waals surface area contributed by atoms with Crippen LogP contribution in [0, 0.1) is 11.8 Å². The van der Waals surface area contributed by atoms with Crippen molar-refractivity contribution in [2.75, 3.05) is 0 Å². The van der Waals surface area contributed by atoms with Gasteiger partial charge in [-0.25, -0.2) is 0 Å². The monoisotopic (exact) mass is 896 g/mol. The van der Waals surface area contributed by atoms with Crippen molar-refractivity contribution in [2.45, 2.75) is 30.8 Å². The molecule has 8 aromatic carbocycles. The molecule has 8 aromatic rings. The molecule has 312 valence electrons. The minimum Gasteiger partial charge on any atom is -0.343 e. The van der Waals surface area contributed by atoms with Crippen molar-refractivity contribution in [3.05, 3.63) is 243 Å². The summed E-state index contributed by atoms with van der Waals surface area (Å²) in [6, 6.07) is 85.9. The van der Waals surface area contributed by atoms with E-state index in [2.05, 4.69) is 243 Å². The van der Waals surface area contributed by atoms with Gasteiger partial charge in [-0.15, -0.1) is 0 Å². The largest absolute Gasteiger partial charge is 0.343 e. The van der Waals surface area contributed by atoms with Crippen LogP contribution in [0.5, 0.6) is 0 Å². The molecule has 4 unspecified atom stereocenters. The Labute approximate surface area is 376 Å². The molecule has 2 aliphatic rings. The molecule has 8 heteroatoms. The molecule has 0 aromatic heterocycles. The van der Waals surface area contributed by atoms with E-state index in [4.69, 9.17) is 18.1 Å². The van der Waals surface area contributed by atoms with Gasteiger partial charge in [-0.3, -0.25) is 0 Å². The molecule has 0 heterocycles. The standard InChI is InChI=1S/C55H48O4P4/c1-9-25-42(26-10-1)60(43-27-11-2-12-28-43)56-52-50-41-51(53(52)57-61(44-29-13-3-14-30-44)45-31-15-4-16-32-45)55(59-63(48-37-21-7-22-38-48)49-39-23-8-24-40-49)54(50)58-62(46-33-17-5-18-34-46)47-35-19-6-20-36-47/h1-40,50-55H,41H2. The fourth-order valence-corrected chi connectivity index (χ4v) is 16.6. The van der Waals surface area contributed by atoms with Gasteiger partial charge < -0.3 is 18.1 Å². The second-order valence-electron chi connectivity index (χ2n) is 15.7. The lowest BCUT2D eigenvalue weighted by atomic mass is 9.90. The highest BCUT2D eigenvalue weighted by Gasteiger charge is 2.63. The first-order valence-electron chi connectivity index (χ1n) is 21.6. The maximum atomic E-state index is 7.78. The molecule has 2 fully saturated rings. The molecule has 2 bridgehead atoms. The maximum Gasteiger partial charge on any atom is 0.0949 e. The van der Waals surface area contributed by atoms with Crippen LogP contribution >= 0.6 is 32.6 Å². The van der Waals surface area contributed by atoms with Crippen molar-refractivity contribution < 1.29 is 18.1 Å². The van der Waals surface area contributed by atoms with Gasteiger partial charge in [0.15, 0.2) is 0 Å². The lowest BCUT2D eigenvalue weighted by Crippen LogP contribution is -2.51. The number of hydrogen-bond donors (Lipinski definition) is 0. The van der Waals surface area contributed by atoms with Crippen LogP contribution < -0.4 is 42.4 Å². The Morgan fingerprint density at radius 1 is 0.222 bits per heavy atom. The molecule has 0 N–H and O–H groups in total. The van der Waals surface area contributed by atoms with Crippen LogP contribution in [-0.4, -0.2) is 24.4 Å². The molecule has 4 nitrogen and oxygen atoms in total. The summed E-state index contributed by atoms with van der Waals surface area (Å²) in [5.41, 5.74) is 0. The van der Waals surface area contributed by atoms with Crippen molar-refractivity contribution in [2.24, 2.45) is 11.8 Å². The Balaban J connectivity index is 1.12. The molecule has 10 rings (SSSR count). The van der Waals surface area contributed by atoms with Crippen molar-refractivity contribution >= 4 is 75.0 Å². The lowest BCUT2D eigenvalue weighted by Gasteiger charge is -2.44. The minimum absolute atomic E-state index is 0.0216. The van der Waals surface area contributed by atoms with Crippen molar-refractivity contribution in [1.29, 1.82) is 0 Å². The summed E-state index contributed by atoms with van der Waals surface area (Å²) in [5.74, 6) is -0.0433. The van der Waals surface area contributed by atoms with Gasteiger partial charge in [-0.2, -0.15) is 0 Å². The molecular weight excluding hydrogens is 848 g/mol. The van der Waals surface area contributed by atoms with Gasteiger partial charge in [0.25, 0.3) is 0 Å². The zero-order valence-corrected chi connectivity index (χ0v) is 38.3. The third-order valence-electron chi connectivity index (χ3n) is 11.7. The second kappa shape index (κ2) is 20.4. The van der Waals surface area contributed by atoms with E-state index < -0.39 is 32.6 Å². The number of fused-ring (bicyclic) bond motifs is 2. The summed E-state index contributed by atoms with van der Waals surface area (Å²) in [6.07, 6.45) is -0.290. The van der Waals surface area contributed by atoms with E-state index in [1.807, 2.05) is 0 Å². The third-order valence-corrected chi connectivity index (χ3v) is 19.7. The fraction of sp³-hybridized carbons (Fsp3) is 0.127. The van der Waals surface area contributed by atoms with Gasteiger partial charge in [-0.05, 0) is 6.42 Å². The Hall–Kier alpha value is -4.68. The summed E-state index contributed by atoms with van der Waals surface area (Å²) >= 11 is 0. The van der Waals surface area contributed by atoms with E-state index in [9.17, 15) is 0 Å². The average Bonchev–Trinajstić information content (AvgIpc) is 3.90. The quantitative estimate of drug-likeness (QED) is 0.0906. The van der Waals surface area contributed by atoms with Crippen LogP contribution in [0.2, 0.25) is 0 Å². The number of hydrogen-bond acceptors (Lipinski definition) is 4. The predicted molar refractivity (Wildman–Crippen MR) is 267 cm³/mol. The zero-order chi connectivity index (χ0) is 42.2. The van der Waals surface area contributed by atoms with Gasteiger partial charge in [-0.1, -0.05) is 243 Å². The first-order chi connectivity index (χ1) is 31.3. The van der Waals surface area contributed by atoms with Gasteiger partial charge in [0.05, 0.1) is 57.0 Å². The average molecular weight is 897 g/mol. The van der Waals surface area contributed by atoms with Crippen LogP contribution in [0.1, 0.15) is 6.42 Å². The van der Waals surface area contributed by atoms with E-state index in [0.29, 0.717) is 0 Å². The SMILES string of the molecule is c1ccc(P(OC2C3CC(C2OP(c2ccccc2)c2ccccc2)C(OP(c2ccccc2)c2ccccc2)C3OP(c2ccccc2)c2ccccc2)c2ccccc2)cc1. The van der Waals surface area contributed by atoms with Gasteiger partial charge in [0.2, 0.25) is 0 Å². The summed E-state index contributed by atoms with van der Waals surface area (Å²) in [7, 11) is -4.90. The van der Waals surface area contributed by atoms with Crippen molar-refractivity contribution in [1.82, 2.24) is 0 Å². The summed E-state index contributed by atoms with van der Waals surface area (Å²) in [5, 5.41) is 9.38. The van der Waals surface area contributed by atoms with Crippen LogP contribution in [-0.2, 0) is 18.1 Å². The molecule has 0 aliphatic heterocycles. The smallest absolute Gasteiger partial charge is 0.0949 e. The topological polar surface area (TPSA) is 36.9 Å². The predicted octanol–water partition coefficient (Wildman–Crippen LogP) is 10.4. The zero-order valence-electron chi connectivity index (χ0n) is 34.7. The normalized spacial score (nSPS) is 20.5. The Morgan fingerprint density at radius 2 is 0.365 bits per heavy atom. The molecule has 0 radical (unpaired) electrons. The molecular formula is C55H48O4P4. The molecule has 4 atom stereocenters. The summed E-state index contributed by atoms with van der Waals surface area (Å²) in [6.45, 7) is 0. The summed E-state index contributed by atoms with van der Waals surface area (Å²) < 4.78 is 31.1. The first kappa shape index (κ1) is 42.3. The maximum absolute atomic E-state index is 7.78. The van der Waals surface area contributed by atoms with Gasteiger partial charge in [0, 0.05) is 54.3 Å². The van der Waals surface area contributed by atoms with E-state index in [0.717, 1.165) is 6.42 Å². The molecule has 63 heavy (non-hydrogen) atoms. The van der Waals surface area contributed by atoms with E-state index >= 15 is 0 Å². The van der Waals surface area contributed by atoms with Crippen LogP contribution in [0.4, 0.5) is 0 Å². The Kier molecular flexibility index (Phi) is 13.7.